The fourth-order valence-electron chi connectivity index (χ4n) is 2.91. The van der Waals surface area contributed by atoms with Crippen LogP contribution in [0.5, 0.6) is 11.5 Å². The number of rotatable bonds is 8. The Morgan fingerprint density at radius 2 is 1.76 bits per heavy atom. The molecule has 0 aromatic heterocycles. The van der Waals surface area contributed by atoms with Crippen molar-refractivity contribution in [1.82, 2.24) is 9.62 Å². The van der Waals surface area contributed by atoms with Gasteiger partial charge < -0.3 is 14.8 Å². The molecule has 0 unspecified atom stereocenters. The first-order valence-electron chi connectivity index (χ1n) is 9.14. The maximum atomic E-state index is 12.6. The van der Waals surface area contributed by atoms with E-state index < -0.39 is 10.0 Å². The first-order valence-corrected chi connectivity index (χ1v) is 10.6. The topological polar surface area (TPSA) is 84.9 Å². The Morgan fingerprint density at radius 1 is 1.07 bits per heavy atom. The van der Waals surface area contributed by atoms with E-state index >= 15 is 0 Å². The number of ether oxygens (including phenoxy) is 2. The number of nitrogens with one attached hydrogen (secondary N) is 1. The van der Waals surface area contributed by atoms with Crippen LogP contribution < -0.4 is 14.8 Å². The maximum absolute atomic E-state index is 12.6. The zero-order valence-corrected chi connectivity index (χ0v) is 18.5. The monoisotopic (exact) mass is 420 g/mol. The lowest BCUT2D eigenvalue weighted by molar-refractivity contribution is 0.0953. The van der Waals surface area contributed by atoms with Crippen molar-refractivity contribution in [2.24, 2.45) is 0 Å². The fourth-order valence-corrected chi connectivity index (χ4v) is 4.13. The highest BCUT2D eigenvalue weighted by atomic mass is 32.2. The van der Waals surface area contributed by atoms with Crippen LogP contribution in [-0.4, -0.2) is 53.5 Å². The van der Waals surface area contributed by atoms with Crippen LogP contribution in [0.4, 0.5) is 0 Å². The minimum atomic E-state index is -3.64. The SMILES string of the molecule is COc1ccc(OC)c(CCNC(=O)c2cc(C)c(C)c(S(=O)(=O)N(C)C)c2)c1. The first-order chi connectivity index (χ1) is 13.6. The number of aryl methyl sites for hydroxylation is 1. The van der Waals surface area contributed by atoms with Crippen molar-refractivity contribution in [3.63, 3.8) is 0 Å². The van der Waals surface area contributed by atoms with E-state index in [4.69, 9.17) is 9.47 Å². The molecule has 0 bridgehead atoms. The summed E-state index contributed by atoms with van der Waals surface area (Å²) in [6.07, 6.45) is 0.541. The van der Waals surface area contributed by atoms with Gasteiger partial charge in [0, 0.05) is 26.2 Å². The molecule has 0 aliphatic rings. The van der Waals surface area contributed by atoms with Gasteiger partial charge in [0.1, 0.15) is 11.5 Å². The molecule has 7 nitrogen and oxygen atoms in total. The number of sulfonamides is 1. The number of methoxy groups -OCH3 is 2. The molecule has 0 saturated carbocycles. The molecular formula is C21H28N2O5S. The lowest BCUT2D eigenvalue weighted by Crippen LogP contribution is -2.27. The van der Waals surface area contributed by atoms with Crippen LogP contribution in [-0.2, 0) is 16.4 Å². The fraction of sp³-hybridized carbons (Fsp3) is 0.381. The van der Waals surface area contributed by atoms with Gasteiger partial charge in [0.25, 0.3) is 5.91 Å². The van der Waals surface area contributed by atoms with Gasteiger partial charge in [-0.05, 0) is 67.3 Å². The van der Waals surface area contributed by atoms with Crippen molar-refractivity contribution >= 4 is 15.9 Å². The van der Waals surface area contributed by atoms with Crippen molar-refractivity contribution in [3.05, 3.63) is 52.6 Å². The lowest BCUT2D eigenvalue weighted by atomic mass is 10.1. The van der Waals surface area contributed by atoms with E-state index in [0.29, 0.717) is 35.6 Å². The van der Waals surface area contributed by atoms with Gasteiger partial charge in [-0.1, -0.05) is 0 Å². The molecule has 0 radical (unpaired) electrons. The summed E-state index contributed by atoms with van der Waals surface area (Å²) < 4.78 is 36.9. The average molecular weight is 421 g/mol. The third-order valence-electron chi connectivity index (χ3n) is 4.81. The highest BCUT2D eigenvalue weighted by molar-refractivity contribution is 7.89. The summed E-state index contributed by atoms with van der Waals surface area (Å²) in [6.45, 7) is 3.90. The Balaban J connectivity index is 2.19. The van der Waals surface area contributed by atoms with Crippen molar-refractivity contribution < 1.29 is 22.7 Å². The van der Waals surface area contributed by atoms with Crippen LogP contribution in [0.15, 0.2) is 35.2 Å². The van der Waals surface area contributed by atoms with Crippen LogP contribution in [0.25, 0.3) is 0 Å². The van der Waals surface area contributed by atoms with E-state index in [9.17, 15) is 13.2 Å². The predicted octanol–water partition coefficient (Wildman–Crippen LogP) is 2.54. The Labute approximate surface area is 172 Å². The Bertz CT molecular complexity index is 1000. The molecule has 2 rings (SSSR count). The number of nitrogens with zero attached hydrogens (tertiary/aromatic N) is 1. The Kier molecular flexibility index (Phi) is 7.26. The smallest absolute Gasteiger partial charge is 0.251 e. The number of carbonyl (C=O) groups is 1. The van der Waals surface area contributed by atoms with Crippen LogP contribution >= 0.6 is 0 Å². The summed E-state index contributed by atoms with van der Waals surface area (Å²) in [5.41, 5.74) is 2.60. The Hall–Kier alpha value is -2.58. The second kappa shape index (κ2) is 9.28. The molecule has 0 saturated heterocycles. The molecule has 2 aromatic rings. The summed E-state index contributed by atoms with van der Waals surface area (Å²) in [6, 6.07) is 8.62. The number of hydrogen-bond donors (Lipinski definition) is 1. The van der Waals surface area contributed by atoms with Crippen molar-refractivity contribution in [2.45, 2.75) is 25.2 Å². The van der Waals surface area contributed by atoms with Gasteiger partial charge >= 0.3 is 0 Å². The van der Waals surface area contributed by atoms with Crippen LogP contribution in [0.1, 0.15) is 27.0 Å². The van der Waals surface area contributed by atoms with Crippen molar-refractivity contribution in [1.29, 1.82) is 0 Å². The van der Waals surface area contributed by atoms with Crippen LogP contribution in [0.3, 0.4) is 0 Å². The van der Waals surface area contributed by atoms with Gasteiger partial charge in [0.15, 0.2) is 0 Å². The van der Waals surface area contributed by atoms with Crippen LogP contribution in [0.2, 0.25) is 0 Å². The summed E-state index contributed by atoms with van der Waals surface area (Å²) in [7, 11) is 2.48. The highest BCUT2D eigenvalue weighted by Crippen LogP contribution is 2.25. The molecule has 0 heterocycles. The number of benzene rings is 2. The zero-order chi connectivity index (χ0) is 21.8. The molecule has 158 valence electrons. The van der Waals surface area contributed by atoms with E-state index in [0.717, 1.165) is 15.4 Å². The molecule has 1 amide bonds. The van der Waals surface area contributed by atoms with E-state index in [-0.39, 0.29) is 10.8 Å². The van der Waals surface area contributed by atoms with Gasteiger partial charge in [-0.15, -0.1) is 0 Å². The third kappa shape index (κ3) is 5.07. The molecule has 29 heavy (non-hydrogen) atoms. The lowest BCUT2D eigenvalue weighted by Gasteiger charge is -2.16. The quantitative estimate of drug-likeness (QED) is 0.709. The van der Waals surface area contributed by atoms with E-state index in [1.165, 1.54) is 20.2 Å². The van der Waals surface area contributed by atoms with Gasteiger partial charge in [0.2, 0.25) is 10.0 Å². The second-order valence-corrected chi connectivity index (χ2v) is 9.01. The van der Waals surface area contributed by atoms with Gasteiger partial charge in [-0.25, -0.2) is 12.7 Å². The minimum absolute atomic E-state index is 0.141. The van der Waals surface area contributed by atoms with E-state index in [1.807, 2.05) is 18.2 Å². The standard InChI is InChI=1S/C21H28N2O5S/c1-14-11-17(13-20(15(14)2)29(25,26)23(3)4)21(24)22-10-9-16-12-18(27-5)7-8-19(16)28-6/h7-8,11-13H,9-10H2,1-6H3,(H,22,24). The summed E-state index contributed by atoms with van der Waals surface area (Å²) >= 11 is 0. The molecule has 8 heteroatoms. The number of hydrogen-bond acceptors (Lipinski definition) is 5. The Morgan fingerprint density at radius 3 is 2.34 bits per heavy atom. The average Bonchev–Trinajstić information content (AvgIpc) is 2.69. The first kappa shape index (κ1) is 22.7. The molecular weight excluding hydrogens is 392 g/mol. The van der Waals surface area contributed by atoms with Gasteiger partial charge in [0.05, 0.1) is 19.1 Å². The number of amides is 1. The molecule has 1 N–H and O–H groups in total. The molecule has 0 atom stereocenters. The largest absolute Gasteiger partial charge is 0.497 e. The predicted molar refractivity (Wildman–Crippen MR) is 112 cm³/mol. The highest BCUT2D eigenvalue weighted by Gasteiger charge is 2.23. The van der Waals surface area contributed by atoms with Crippen LogP contribution in [0, 0.1) is 13.8 Å². The third-order valence-corrected chi connectivity index (χ3v) is 6.75. The van der Waals surface area contributed by atoms with Crippen molar-refractivity contribution in [2.75, 3.05) is 34.9 Å². The van der Waals surface area contributed by atoms with Crippen molar-refractivity contribution in [3.8, 4) is 11.5 Å². The molecule has 2 aromatic carbocycles. The summed E-state index contributed by atoms with van der Waals surface area (Å²) in [5, 5.41) is 2.85. The molecule has 0 aliphatic heterocycles. The maximum Gasteiger partial charge on any atom is 0.251 e. The second-order valence-electron chi connectivity index (χ2n) is 6.89. The molecule has 0 aliphatic carbocycles. The minimum Gasteiger partial charge on any atom is -0.497 e. The van der Waals surface area contributed by atoms with Gasteiger partial charge in [-0.2, -0.15) is 0 Å². The zero-order valence-electron chi connectivity index (χ0n) is 17.7. The van der Waals surface area contributed by atoms with Gasteiger partial charge in [-0.3, -0.25) is 4.79 Å². The molecule has 0 spiro atoms. The van der Waals surface area contributed by atoms with E-state index in [2.05, 4.69) is 5.32 Å². The summed E-state index contributed by atoms with van der Waals surface area (Å²) in [4.78, 5) is 12.8. The number of carbonyl (C=O) groups excluding carboxylic acids is 1. The summed E-state index contributed by atoms with van der Waals surface area (Å²) in [5.74, 6) is 1.09. The molecule has 0 fully saturated rings. The van der Waals surface area contributed by atoms with E-state index in [1.54, 1.807) is 34.1 Å². The normalized spacial score (nSPS) is 11.4.